The monoisotopic (exact) mass is 358 g/mol. The summed E-state index contributed by atoms with van der Waals surface area (Å²) in [6.07, 6.45) is 0. The van der Waals surface area contributed by atoms with Gasteiger partial charge in [-0.25, -0.2) is 9.78 Å². The van der Waals surface area contributed by atoms with Crippen molar-refractivity contribution >= 4 is 34.2 Å². The molecule has 1 amide bonds. The quantitative estimate of drug-likeness (QED) is 0.747. The Morgan fingerprint density at radius 1 is 1.36 bits per heavy atom. The first-order valence-electron chi connectivity index (χ1n) is 7.65. The standard InChI is InChI=1S/C17H18N4O3S/c1-9-13-10(15(22)19-17(2,3)16(23)24)8-11(12-6-5-7-25-12)18-14(13)21(4)20-9/h5-8H,1-4H3,(H,19,22)(H,23,24). The number of pyridine rings is 1. The summed E-state index contributed by atoms with van der Waals surface area (Å²) in [5.41, 5.74) is 0.895. The van der Waals surface area contributed by atoms with Crippen LogP contribution < -0.4 is 5.32 Å². The van der Waals surface area contributed by atoms with Crippen LogP contribution in [0.15, 0.2) is 23.6 Å². The largest absolute Gasteiger partial charge is 0.480 e. The molecule has 3 aromatic heterocycles. The van der Waals surface area contributed by atoms with Crippen LogP contribution in [0.1, 0.15) is 29.9 Å². The fourth-order valence-electron chi connectivity index (χ4n) is 2.58. The predicted octanol–water partition coefficient (Wildman–Crippen LogP) is 2.60. The van der Waals surface area contributed by atoms with E-state index in [4.69, 9.17) is 0 Å². The van der Waals surface area contributed by atoms with Crippen LogP contribution in [0.3, 0.4) is 0 Å². The summed E-state index contributed by atoms with van der Waals surface area (Å²) >= 11 is 1.52. The number of aryl methyl sites for hydroxylation is 2. The SMILES string of the molecule is Cc1nn(C)c2nc(-c3cccs3)cc(C(=O)NC(C)(C)C(=O)O)c12. The summed E-state index contributed by atoms with van der Waals surface area (Å²) in [6.45, 7) is 4.69. The Morgan fingerprint density at radius 3 is 2.68 bits per heavy atom. The number of rotatable bonds is 4. The molecule has 0 aromatic carbocycles. The van der Waals surface area contributed by atoms with Gasteiger partial charge in [-0.1, -0.05) is 6.07 Å². The maximum atomic E-state index is 12.8. The lowest BCUT2D eigenvalue weighted by Crippen LogP contribution is -2.49. The number of hydrogen-bond donors (Lipinski definition) is 2. The molecule has 0 saturated heterocycles. The molecule has 25 heavy (non-hydrogen) atoms. The highest BCUT2D eigenvalue weighted by molar-refractivity contribution is 7.13. The van der Waals surface area contributed by atoms with Gasteiger partial charge >= 0.3 is 5.97 Å². The molecule has 0 radical (unpaired) electrons. The molecule has 130 valence electrons. The molecule has 0 aliphatic rings. The zero-order valence-electron chi connectivity index (χ0n) is 14.3. The molecule has 7 nitrogen and oxygen atoms in total. The number of carboxylic acid groups (broad SMARTS) is 1. The lowest BCUT2D eigenvalue weighted by atomic mass is 10.0. The summed E-state index contributed by atoms with van der Waals surface area (Å²) in [5.74, 6) is -1.57. The Hall–Kier alpha value is -2.74. The van der Waals surface area contributed by atoms with E-state index in [1.165, 1.54) is 25.2 Å². The van der Waals surface area contributed by atoms with E-state index in [0.717, 1.165) is 4.88 Å². The Kier molecular flexibility index (Phi) is 4.08. The Morgan fingerprint density at radius 2 is 2.08 bits per heavy atom. The van der Waals surface area contributed by atoms with Gasteiger partial charge in [0.05, 0.1) is 27.2 Å². The smallest absolute Gasteiger partial charge is 0.328 e. The summed E-state index contributed by atoms with van der Waals surface area (Å²) in [7, 11) is 1.77. The van der Waals surface area contributed by atoms with E-state index < -0.39 is 17.4 Å². The molecule has 3 aromatic rings. The van der Waals surface area contributed by atoms with Crippen molar-refractivity contribution in [1.29, 1.82) is 0 Å². The van der Waals surface area contributed by atoms with Crippen molar-refractivity contribution in [3.63, 3.8) is 0 Å². The van der Waals surface area contributed by atoms with Crippen molar-refractivity contribution in [2.24, 2.45) is 7.05 Å². The van der Waals surface area contributed by atoms with E-state index in [1.54, 1.807) is 24.7 Å². The average molecular weight is 358 g/mol. The van der Waals surface area contributed by atoms with Gasteiger partial charge in [0.15, 0.2) is 5.65 Å². The van der Waals surface area contributed by atoms with Crippen molar-refractivity contribution in [3.8, 4) is 10.6 Å². The van der Waals surface area contributed by atoms with Gasteiger partial charge in [-0.3, -0.25) is 9.48 Å². The second kappa shape index (κ2) is 5.96. The van der Waals surface area contributed by atoms with Crippen molar-refractivity contribution < 1.29 is 14.7 Å². The third kappa shape index (κ3) is 3.00. The van der Waals surface area contributed by atoms with Crippen LogP contribution in [-0.4, -0.2) is 37.3 Å². The van der Waals surface area contributed by atoms with Gasteiger partial charge < -0.3 is 10.4 Å². The van der Waals surface area contributed by atoms with Crippen LogP contribution in [-0.2, 0) is 11.8 Å². The third-order valence-corrected chi connectivity index (χ3v) is 4.84. The van der Waals surface area contributed by atoms with Crippen molar-refractivity contribution in [2.45, 2.75) is 26.3 Å². The maximum absolute atomic E-state index is 12.8. The molecule has 0 bridgehead atoms. The molecule has 0 atom stereocenters. The Labute approximate surface area is 148 Å². The zero-order chi connectivity index (χ0) is 18.4. The molecular formula is C17H18N4O3S. The van der Waals surface area contributed by atoms with Crippen LogP contribution in [0.5, 0.6) is 0 Å². The van der Waals surface area contributed by atoms with Gasteiger partial charge in [0.25, 0.3) is 5.91 Å². The fourth-order valence-corrected chi connectivity index (χ4v) is 3.27. The number of aromatic nitrogens is 3. The van der Waals surface area contributed by atoms with Crippen molar-refractivity contribution in [2.75, 3.05) is 0 Å². The van der Waals surface area contributed by atoms with Crippen LogP contribution in [0.2, 0.25) is 0 Å². The Balaban J connectivity index is 2.19. The van der Waals surface area contributed by atoms with Gasteiger partial charge in [0.1, 0.15) is 5.54 Å². The second-order valence-corrected chi connectivity index (χ2v) is 7.27. The molecule has 0 unspecified atom stereocenters. The number of hydrogen-bond acceptors (Lipinski definition) is 5. The highest BCUT2D eigenvalue weighted by Crippen LogP contribution is 2.29. The zero-order valence-corrected chi connectivity index (χ0v) is 15.1. The average Bonchev–Trinajstić information content (AvgIpc) is 3.15. The summed E-state index contributed by atoms with van der Waals surface area (Å²) in [6, 6.07) is 5.52. The number of carbonyl (C=O) groups is 2. The predicted molar refractivity (Wildman–Crippen MR) is 95.7 cm³/mol. The number of nitrogens with zero attached hydrogens (tertiary/aromatic N) is 3. The minimum absolute atomic E-state index is 0.369. The summed E-state index contributed by atoms with van der Waals surface area (Å²) < 4.78 is 1.63. The number of amides is 1. The fraction of sp³-hybridized carbons (Fsp3) is 0.294. The number of carbonyl (C=O) groups excluding carboxylic acids is 1. The van der Waals surface area contributed by atoms with Crippen LogP contribution >= 0.6 is 11.3 Å². The first-order chi connectivity index (χ1) is 11.7. The second-order valence-electron chi connectivity index (χ2n) is 6.32. The van der Waals surface area contributed by atoms with Gasteiger partial charge in [-0.05, 0) is 38.3 Å². The Bertz CT molecular complexity index is 974. The molecular weight excluding hydrogens is 340 g/mol. The normalized spacial score (nSPS) is 11.7. The first kappa shape index (κ1) is 17.1. The minimum Gasteiger partial charge on any atom is -0.480 e. The number of nitrogens with one attached hydrogen (secondary N) is 1. The molecule has 0 aliphatic heterocycles. The summed E-state index contributed by atoms with van der Waals surface area (Å²) in [5, 5.41) is 18.8. The number of carboxylic acids is 1. The van der Waals surface area contributed by atoms with E-state index in [9.17, 15) is 14.7 Å². The molecule has 0 spiro atoms. The van der Waals surface area contributed by atoms with Crippen LogP contribution in [0.4, 0.5) is 0 Å². The van der Waals surface area contributed by atoms with Gasteiger partial charge in [-0.2, -0.15) is 5.10 Å². The van der Waals surface area contributed by atoms with Crippen molar-refractivity contribution in [3.05, 3.63) is 34.8 Å². The molecule has 3 heterocycles. The van der Waals surface area contributed by atoms with E-state index in [0.29, 0.717) is 28.0 Å². The molecule has 8 heteroatoms. The van der Waals surface area contributed by atoms with Gasteiger partial charge in [-0.15, -0.1) is 11.3 Å². The molecule has 0 aliphatic carbocycles. The van der Waals surface area contributed by atoms with E-state index >= 15 is 0 Å². The third-order valence-electron chi connectivity index (χ3n) is 3.95. The number of fused-ring (bicyclic) bond motifs is 1. The maximum Gasteiger partial charge on any atom is 0.328 e. The lowest BCUT2D eigenvalue weighted by molar-refractivity contribution is -0.143. The molecule has 3 rings (SSSR count). The topological polar surface area (TPSA) is 97.1 Å². The van der Waals surface area contributed by atoms with Gasteiger partial charge in [0.2, 0.25) is 0 Å². The minimum atomic E-state index is -1.38. The van der Waals surface area contributed by atoms with E-state index in [-0.39, 0.29) is 0 Å². The lowest BCUT2D eigenvalue weighted by Gasteiger charge is -2.21. The van der Waals surface area contributed by atoms with Crippen LogP contribution in [0.25, 0.3) is 21.6 Å². The van der Waals surface area contributed by atoms with E-state index in [1.807, 2.05) is 17.5 Å². The highest BCUT2D eigenvalue weighted by Gasteiger charge is 2.31. The molecule has 0 saturated carbocycles. The molecule has 2 N–H and O–H groups in total. The van der Waals surface area contributed by atoms with Crippen LogP contribution in [0, 0.1) is 6.92 Å². The first-order valence-corrected chi connectivity index (χ1v) is 8.53. The summed E-state index contributed by atoms with van der Waals surface area (Å²) in [4.78, 5) is 29.7. The number of thiophene rings is 1. The number of aliphatic carboxylic acids is 1. The van der Waals surface area contributed by atoms with Crippen molar-refractivity contribution in [1.82, 2.24) is 20.1 Å². The highest BCUT2D eigenvalue weighted by atomic mass is 32.1. The van der Waals surface area contributed by atoms with Gasteiger partial charge in [0, 0.05) is 7.05 Å². The molecule has 0 fully saturated rings. The van der Waals surface area contributed by atoms with E-state index in [2.05, 4.69) is 15.4 Å².